The van der Waals surface area contributed by atoms with Gasteiger partial charge >= 0.3 is 0 Å². The number of hydrogen-bond donors (Lipinski definition) is 1. The van der Waals surface area contributed by atoms with Crippen LogP contribution >= 0.6 is 0 Å². The highest BCUT2D eigenvalue weighted by Gasteiger charge is 2.31. The Balaban J connectivity index is 1.81. The van der Waals surface area contributed by atoms with E-state index in [1.165, 1.54) is 12.1 Å². The number of nitrogens with zero attached hydrogens (tertiary/aromatic N) is 2. The molecule has 3 rings (SSSR count). The van der Waals surface area contributed by atoms with Crippen molar-refractivity contribution in [3.05, 3.63) is 63.1 Å². The molecule has 0 radical (unpaired) electrons. The molecular formula is C18H20FN3O2. The lowest BCUT2D eigenvalue weighted by Gasteiger charge is -2.24. The molecule has 0 unspecified atom stereocenters. The van der Waals surface area contributed by atoms with Crippen LogP contribution in [0.5, 0.6) is 0 Å². The standard InChI is InChI=1S/C18H20FN3O2/c1-11-12(2)20-17(21-18(11)24)15-4-3-9-22(15)16(23)10-13-5-7-14(19)8-6-13/h5-8,15H,3-4,9-10H2,1-2H3,(H,20,21,24)/t15-/m0/s1. The zero-order valence-corrected chi connectivity index (χ0v) is 13.8. The zero-order chi connectivity index (χ0) is 17.3. The molecule has 24 heavy (non-hydrogen) atoms. The highest BCUT2D eigenvalue weighted by Crippen LogP contribution is 2.30. The van der Waals surface area contributed by atoms with E-state index in [0.29, 0.717) is 23.6 Å². The van der Waals surface area contributed by atoms with Gasteiger partial charge < -0.3 is 9.88 Å². The van der Waals surface area contributed by atoms with E-state index in [-0.39, 0.29) is 29.7 Å². The summed E-state index contributed by atoms with van der Waals surface area (Å²) in [6, 6.07) is 5.74. The number of carbonyl (C=O) groups is 1. The summed E-state index contributed by atoms with van der Waals surface area (Å²) in [6.45, 7) is 4.17. The Morgan fingerprint density at radius 2 is 2.04 bits per heavy atom. The maximum Gasteiger partial charge on any atom is 0.254 e. The number of H-pyrrole nitrogens is 1. The van der Waals surface area contributed by atoms with E-state index in [1.54, 1.807) is 30.9 Å². The minimum absolute atomic E-state index is 0.0371. The van der Waals surface area contributed by atoms with Crippen LogP contribution in [0.1, 0.15) is 41.5 Å². The second-order valence-electron chi connectivity index (χ2n) is 6.21. The lowest BCUT2D eigenvalue weighted by Crippen LogP contribution is -2.34. The maximum absolute atomic E-state index is 13.0. The van der Waals surface area contributed by atoms with Crippen LogP contribution in [0.2, 0.25) is 0 Å². The van der Waals surface area contributed by atoms with Crippen molar-refractivity contribution in [2.75, 3.05) is 6.54 Å². The first kappa shape index (κ1) is 16.4. The predicted molar refractivity (Wildman–Crippen MR) is 88.1 cm³/mol. The number of carbonyl (C=O) groups excluding carboxylic acids is 1. The van der Waals surface area contributed by atoms with Crippen molar-refractivity contribution < 1.29 is 9.18 Å². The zero-order valence-electron chi connectivity index (χ0n) is 13.8. The molecule has 0 spiro atoms. The lowest BCUT2D eigenvalue weighted by atomic mass is 10.1. The molecule has 1 N–H and O–H groups in total. The van der Waals surface area contributed by atoms with Crippen molar-refractivity contribution in [2.45, 2.75) is 39.2 Å². The molecule has 126 valence electrons. The first-order valence-corrected chi connectivity index (χ1v) is 8.07. The summed E-state index contributed by atoms with van der Waals surface area (Å²) in [4.78, 5) is 33.6. The predicted octanol–water partition coefficient (Wildman–Crippen LogP) is 2.43. The molecule has 2 heterocycles. The normalized spacial score (nSPS) is 17.3. The highest BCUT2D eigenvalue weighted by atomic mass is 19.1. The fraction of sp³-hybridized carbons (Fsp3) is 0.389. The molecule has 1 amide bonds. The molecule has 0 aliphatic carbocycles. The van der Waals surface area contributed by atoms with Gasteiger partial charge in [-0.15, -0.1) is 0 Å². The molecule has 0 saturated carbocycles. The number of aromatic amines is 1. The summed E-state index contributed by atoms with van der Waals surface area (Å²) in [5.74, 6) is 0.195. The molecule has 1 aromatic carbocycles. The van der Waals surface area contributed by atoms with Gasteiger partial charge in [0.2, 0.25) is 5.91 Å². The summed E-state index contributed by atoms with van der Waals surface area (Å²) in [6.07, 6.45) is 1.86. The number of aromatic nitrogens is 2. The maximum atomic E-state index is 13.0. The van der Waals surface area contributed by atoms with Crippen LogP contribution in [0.4, 0.5) is 4.39 Å². The first-order valence-electron chi connectivity index (χ1n) is 8.07. The van der Waals surface area contributed by atoms with Gasteiger partial charge in [0.15, 0.2) is 0 Å². The topological polar surface area (TPSA) is 66.1 Å². The van der Waals surface area contributed by atoms with Gasteiger partial charge in [-0.25, -0.2) is 9.37 Å². The number of benzene rings is 1. The van der Waals surface area contributed by atoms with Gasteiger partial charge in [0, 0.05) is 17.8 Å². The van der Waals surface area contributed by atoms with Crippen LogP contribution in [0.3, 0.4) is 0 Å². The number of halogens is 1. The van der Waals surface area contributed by atoms with Crippen molar-refractivity contribution in [3.8, 4) is 0 Å². The van der Waals surface area contributed by atoms with Gasteiger partial charge in [-0.05, 0) is 44.4 Å². The van der Waals surface area contributed by atoms with Gasteiger partial charge in [0.25, 0.3) is 5.56 Å². The third-order valence-electron chi connectivity index (χ3n) is 4.57. The second kappa shape index (κ2) is 6.55. The van der Waals surface area contributed by atoms with Crippen molar-refractivity contribution in [1.29, 1.82) is 0 Å². The largest absolute Gasteiger partial charge is 0.332 e. The molecule has 1 aliphatic rings. The second-order valence-corrected chi connectivity index (χ2v) is 6.21. The number of hydrogen-bond acceptors (Lipinski definition) is 3. The van der Waals surface area contributed by atoms with Gasteiger partial charge in [-0.1, -0.05) is 12.1 Å². The minimum atomic E-state index is -0.317. The van der Waals surface area contributed by atoms with E-state index in [0.717, 1.165) is 18.4 Å². The van der Waals surface area contributed by atoms with Gasteiger partial charge in [-0.2, -0.15) is 0 Å². The van der Waals surface area contributed by atoms with Crippen LogP contribution in [0, 0.1) is 19.7 Å². The van der Waals surface area contributed by atoms with Gasteiger partial charge in [0.05, 0.1) is 12.5 Å². The van der Waals surface area contributed by atoms with Crippen LogP contribution in [-0.2, 0) is 11.2 Å². The number of likely N-dealkylation sites (tertiary alicyclic amines) is 1. The molecule has 1 atom stereocenters. The van der Waals surface area contributed by atoms with Crippen molar-refractivity contribution in [2.24, 2.45) is 0 Å². The summed E-state index contributed by atoms with van der Waals surface area (Å²) in [5, 5.41) is 0. The van der Waals surface area contributed by atoms with E-state index >= 15 is 0 Å². The quantitative estimate of drug-likeness (QED) is 0.940. The number of amides is 1. The number of rotatable bonds is 3. The van der Waals surface area contributed by atoms with E-state index in [2.05, 4.69) is 9.97 Å². The third-order valence-corrected chi connectivity index (χ3v) is 4.57. The Labute approximate surface area is 139 Å². The Kier molecular flexibility index (Phi) is 4.46. The Morgan fingerprint density at radius 1 is 1.33 bits per heavy atom. The Bertz CT molecular complexity index is 814. The molecule has 1 saturated heterocycles. The SMILES string of the molecule is Cc1nc([C@@H]2CCCN2C(=O)Cc2ccc(F)cc2)[nH]c(=O)c1C. The number of aryl methyl sites for hydroxylation is 1. The minimum Gasteiger partial charge on any atom is -0.332 e. The lowest BCUT2D eigenvalue weighted by molar-refractivity contribution is -0.131. The molecule has 1 fully saturated rings. The van der Waals surface area contributed by atoms with Crippen molar-refractivity contribution in [3.63, 3.8) is 0 Å². The summed E-state index contributed by atoms with van der Waals surface area (Å²) >= 11 is 0. The average molecular weight is 329 g/mol. The highest BCUT2D eigenvalue weighted by molar-refractivity contribution is 5.79. The summed E-state index contributed by atoms with van der Waals surface area (Å²) in [7, 11) is 0. The molecule has 2 aromatic rings. The van der Waals surface area contributed by atoms with Crippen molar-refractivity contribution >= 4 is 5.91 Å². The van der Waals surface area contributed by atoms with Crippen LogP contribution in [-0.4, -0.2) is 27.3 Å². The monoisotopic (exact) mass is 329 g/mol. The van der Waals surface area contributed by atoms with E-state index in [9.17, 15) is 14.0 Å². The van der Waals surface area contributed by atoms with Crippen LogP contribution < -0.4 is 5.56 Å². The average Bonchev–Trinajstić information content (AvgIpc) is 3.04. The molecule has 1 aliphatic heterocycles. The third kappa shape index (κ3) is 3.22. The fourth-order valence-electron chi connectivity index (χ4n) is 3.05. The van der Waals surface area contributed by atoms with Gasteiger partial charge in [0.1, 0.15) is 11.6 Å². The first-order chi connectivity index (χ1) is 11.5. The smallest absolute Gasteiger partial charge is 0.254 e. The fourth-order valence-corrected chi connectivity index (χ4v) is 3.05. The van der Waals surface area contributed by atoms with E-state index in [1.807, 2.05) is 0 Å². The van der Waals surface area contributed by atoms with Crippen LogP contribution in [0.15, 0.2) is 29.1 Å². The summed E-state index contributed by atoms with van der Waals surface area (Å²) < 4.78 is 13.0. The van der Waals surface area contributed by atoms with Crippen LogP contribution in [0.25, 0.3) is 0 Å². The Morgan fingerprint density at radius 3 is 2.71 bits per heavy atom. The molecular weight excluding hydrogens is 309 g/mol. The molecule has 6 heteroatoms. The van der Waals surface area contributed by atoms with E-state index in [4.69, 9.17) is 0 Å². The summed E-state index contributed by atoms with van der Waals surface area (Å²) in [5.41, 5.74) is 1.90. The molecule has 5 nitrogen and oxygen atoms in total. The van der Waals surface area contributed by atoms with E-state index < -0.39 is 0 Å². The molecule has 1 aromatic heterocycles. The van der Waals surface area contributed by atoms with Gasteiger partial charge in [-0.3, -0.25) is 9.59 Å². The Hall–Kier alpha value is -2.50. The van der Waals surface area contributed by atoms with Crippen molar-refractivity contribution in [1.82, 2.24) is 14.9 Å². The molecule has 0 bridgehead atoms. The number of nitrogens with one attached hydrogen (secondary N) is 1.